The number of nitrogens with zero attached hydrogens (tertiary/aromatic N) is 3. The van der Waals surface area contributed by atoms with Crippen molar-refractivity contribution in [3.05, 3.63) is 35.3 Å². The summed E-state index contributed by atoms with van der Waals surface area (Å²) in [5.41, 5.74) is 0.813. The highest BCUT2D eigenvalue weighted by Crippen LogP contribution is 2.29. The molecule has 0 saturated carbocycles. The SMILES string of the molecule is CC(C)(C)OC(=O)N1CCC(c2cc3c(F)cc(C(=O)CBr)cc3nn2)CC1. The fraction of sp³-hybridized carbons (Fsp3) is 0.500. The van der Waals surface area contributed by atoms with Gasteiger partial charge in [-0.1, -0.05) is 15.9 Å². The number of ketones is 1. The number of alkyl halides is 1. The molecule has 28 heavy (non-hydrogen) atoms. The number of carbonyl (C=O) groups is 2. The van der Waals surface area contributed by atoms with Gasteiger partial charge in [-0.3, -0.25) is 4.79 Å². The third-order valence-electron chi connectivity index (χ3n) is 4.68. The number of benzene rings is 1. The first kappa shape index (κ1) is 20.6. The lowest BCUT2D eigenvalue weighted by Gasteiger charge is -2.33. The summed E-state index contributed by atoms with van der Waals surface area (Å²) in [5, 5.41) is 8.86. The summed E-state index contributed by atoms with van der Waals surface area (Å²) in [5.74, 6) is -0.593. The van der Waals surface area contributed by atoms with E-state index in [1.165, 1.54) is 6.07 Å². The summed E-state index contributed by atoms with van der Waals surface area (Å²) < 4.78 is 19.9. The smallest absolute Gasteiger partial charge is 0.410 e. The lowest BCUT2D eigenvalue weighted by atomic mass is 9.92. The molecule has 1 aliphatic rings. The van der Waals surface area contributed by atoms with Crippen LogP contribution in [0.4, 0.5) is 9.18 Å². The van der Waals surface area contributed by atoms with E-state index in [9.17, 15) is 14.0 Å². The minimum atomic E-state index is -0.523. The third-order valence-corrected chi connectivity index (χ3v) is 5.19. The molecule has 1 aromatic heterocycles. The molecule has 2 heterocycles. The Morgan fingerprint density at radius 3 is 2.50 bits per heavy atom. The van der Waals surface area contributed by atoms with Crippen LogP contribution in [0.25, 0.3) is 10.9 Å². The molecule has 6 nitrogen and oxygen atoms in total. The van der Waals surface area contributed by atoms with Gasteiger partial charge in [0.25, 0.3) is 0 Å². The van der Waals surface area contributed by atoms with Crippen molar-refractivity contribution in [1.29, 1.82) is 0 Å². The van der Waals surface area contributed by atoms with Crippen molar-refractivity contribution in [3.63, 3.8) is 0 Å². The number of ether oxygens (including phenoxy) is 1. The molecule has 150 valence electrons. The van der Waals surface area contributed by atoms with Crippen LogP contribution in [0.1, 0.15) is 55.6 Å². The fourth-order valence-electron chi connectivity index (χ4n) is 3.24. The highest BCUT2D eigenvalue weighted by Gasteiger charge is 2.28. The van der Waals surface area contributed by atoms with Gasteiger partial charge in [0.15, 0.2) is 5.78 Å². The molecule has 0 spiro atoms. The van der Waals surface area contributed by atoms with Gasteiger partial charge in [-0.25, -0.2) is 9.18 Å². The van der Waals surface area contributed by atoms with Gasteiger partial charge in [0, 0.05) is 30.0 Å². The number of hydrogen-bond donors (Lipinski definition) is 0. The Labute approximate surface area is 171 Å². The summed E-state index contributed by atoms with van der Waals surface area (Å²) in [7, 11) is 0. The molecule has 0 atom stereocenters. The molecule has 1 aromatic carbocycles. The molecule has 1 aliphatic heterocycles. The molecule has 1 saturated heterocycles. The second-order valence-corrected chi connectivity index (χ2v) is 8.52. The quantitative estimate of drug-likeness (QED) is 0.508. The molecule has 1 amide bonds. The van der Waals surface area contributed by atoms with E-state index in [2.05, 4.69) is 26.1 Å². The van der Waals surface area contributed by atoms with E-state index in [1.54, 1.807) is 17.0 Å². The molecule has 2 aromatic rings. The number of halogens is 2. The van der Waals surface area contributed by atoms with Crippen LogP contribution in [-0.4, -0.2) is 51.0 Å². The van der Waals surface area contributed by atoms with Crippen LogP contribution in [0.5, 0.6) is 0 Å². The van der Waals surface area contributed by atoms with Crippen molar-refractivity contribution in [2.45, 2.75) is 45.1 Å². The zero-order chi connectivity index (χ0) is 20.5. The van der Waals surface area contributed by atoms with Crippen molar-refractivity contribution < 1.29 is 18.7 Å². The maximum absolute atomic E-state index is 14.5. The molecule has 0 radical (unpaired) electrons. The first-order valence-electron chi connectivity index (χ1n) is 9.22. The molecule has 0 aliphatic carbocycles. The number of rotatable bonds is 3. The molecule has 0 unspecified atom stereocenters. The molecule has 0 bridgehead atoms. The largest absolute Gasteiger partial charge is 0.444 e. The second-order valence-electron chi connectivity index (χ2n) is 7.96. The number of amides is 1. The number of carbonyl (C=O) groups excluding carboxylic acids is 2. The number of piperidine rings is 1. The summed E-state index contributed by atoms with van der Waals surface area (Å²) in [6, 6.07) is 4.50. The van der Waals surface area contributed by atoms with Crippen LogP contribution in [-0.2, 0) is 4.74 Å². The zero-order valence-corrected chi connectivity index (χ0v) is 17.8. The highest BCUT2D eigenvalue weighted by atomic mass is 79.9. The van der Waals surface area contributed by atoms with Crippen LogP contribution in [0.3, 0.4) is 0 Å². The average Bonchev–Trinajstić information content (AvgIpc) is 2.66. The Balaban J connectivity index is 1.74. The molecule has 1 fully saturated rings. The van der Waals surface area contributed by atoms with Gasteiger partial charge in [0.1, 0.15) is 11.4 Å². The standard InChI is InChI=1S/C20H23BrFN3O3/c1-20(2,3)28-19(27)25-6-4-12(5-7-25)16-10-14-15(22)8-13(18(26)11-21)9-17(14)24-23-16/h8-10,12H,4-7,11H2,1-3H3. The van der Waals surface area contributed by atoms with E-state index in [1.807, 2.05) is 20.8 Å². The summed E-state index contributed by atoms with van der Waals surface area (Å²) >= 11 is 3.09. The molecule has 0 N–H and O–H groups in total. The van der Waals surface area contributed by atoms with Gasteiger partial charge in [-0.05, 0) is 51.8 Å². The van der Waals surface area contributed by atoms with Crippen molar-refractivity contribution >= 4 is 38.7 Å². The topological polar surface area (TPSA) is 72.4 Å². The lowest BCUT2D eigenvalue weighted by Crippen LogP contribution is -2.41. The summed E-state index contributed by atoms with van der Waals surface area (Å²) in [6.07, 6.45) is 1.10. The highest BCUT2D eigenvalue weighted by molar-refractivity contribution is 9.09. The van der Waals surface area contributed by atoms with Gasteiger partial charge in [0.2, 0.25) is 0 Å². The van der Waals surface area contributed by atoms with Gasteiger partial charge in [-0.15, -0.1) is 0 Å². The number of aromatic nitrogens is 2. The number of likely N-dealkylation sites (tertiary alicyclic amines) is 1. The Hall–Kier alpha value is -2.09. The maximum Gasteiger partial charge on any atom is 0.410 e. The van der Waals surface area contributed by atoms with Crippen LogP contribution < -0.4 is 0 Å². The number of hydrogen-bond acceptors (Lipinski definition) is 5. The number of fused-ring (bicyclic) bond motifs is 1. The Morgan fingerprint density at radius 1 is 1.21 bits per heavy atom. The van der Waals surface area contributed by atoms with Gasteiger partial charge in [-0.2, -0.15) is 10.2 Å². The van der Waals surface area contributed by atoms with E-state index < -0.39 is 11.4 Å². The van der Waals surface area contributed by atoms with Crippen LogP contribution in [0.15, 0.2) is 18.2 Å². The summed E-state index contributed by atoms with van der Waals surface area (Å²) in [4.78, 5) is 25.7. The average molecular weight is 452 g/mol. The lowest BCUT2D eigenvalue weighted by molar-refractivity contribution is 0.0204. The van der Waals surface area contributed by atoms with Gasteiger partial charge >= 0.3 is 6.09 Å². The van der Waals surface area contributed by atoms with Crippen molar-refractivity contribution in [1.82, 2.24) is 15.1 Å². The van der Waals surface area contributed by atoms with Crippen LogP contribution in [0, 0.1) is 5.82 Å². The maximum atomic E-state index is 14.5. The van der Waals surface area contributed by atoms with Crippen molar-refractivity contribution in [3.8, 4) is 0 Å². The third kappa shape index (κ3) is 4.66. The molecular weight excluding hydrogens is 429 g/mol. The van der Waals surface area contributed by atoms with Crippen LogP contribution in [0.2, 0.25) is 0 Å². The zero-order valence-electron chi connectivity index (χ0n) is 16.2. The first-order valence-corrected chi connectivity index (χ1v) is 10.3. The molecule has 8 heteroatoms. The minimum absolute atomic E-state index is 0.0961. The monoisotopic (exact) mass is 451 g/mol. The van der Waals surface area contributed by atoms with Crippen molar-refractivity contribution in [2.75, 3.05) is 18.4 Å². The Morgan fingerprint density at radius 2 is 1.89 bits per heavy atom. The second kappa shape index (κ2) is 8.11. The first-order chi connectivity index (χ1) is 13.2. The van der Waals surface area contributed by atoms with Crippen molar-refractivity contribution in [2.24, 2.45) is 0 Å². The Bertz CT molecular complexity index is 905. The predicted molar refractivity (Wildman–Crippen MR) is 107 cm³/mol. The molecular formula is C20H23BrFN3O3. The van der Waals surface area contributed by atoms with E-state index in [-0.39, 0.29) is 28.7 Å². The Kier molecular flexibility index (Phi) is 5.98. The summed E-state index contributed by atoms with van der Waals surface area (Å²) in [6.45, 7) is 6.64. The predicted octanol–water partition coefficient (Wildman–Crippen LogP) is 4.46. The van der Waals surface area contributed by atoms with Gasteiger partial charge < -0.3 is 9.64 Å². The van der Waals surface area contributed by atoms with E-state index >= 15 is 0 Å². The van der Waals surface area contributed by atoms with E-state index in [4.69, 9.17) is 4.74 Å². The van der Waals surface area contributed by atoms with Crippen LogP contribution >= 0.6 is 15.9 Å². The number of Topliss-reactive ketones (excluding diaryl/α,β-unsaturated/α-hetero) is 1. The normalized spacial score (nSPS) is 15.7. The van der Waals surface area contributed by atoms with Gasteiger partial charge in [0.05, 0.1) is 16.5 Å². The van der Waals surface area contributed by atoms with E-state index in [0.29, 0.717) is 42.5 Å². The minimum Gasteiger partial charge on any atom is -0.444 e. The molecule has 3 rings (SSSR count). The van der Waals surface area contributed by atoms with E-state index in [0.717, 1.165) is 0 Å². The fourth-order valence-corrected chi connectivity index (χ4v) is 3.56.